The standard InChI is InChI=1S/C80H153NO5/c1-3-5-7-9-11-13-15-17-19-20-21-22-23-33-36-39-42-45-48-52-56-60-64-68-72-78(83)77(76-82)81-79(84)73-69-65-61-57-53-49-46-43-40-37-34-31-29-27-25-24-26-28-30-32-35-38-41-44-47-51-55-59-63-67-71-75-86-80(85)74-70-66-62-58-54-50-18-16-14-12-10-8-6-4-2/h16,18,26,28,32,35,77-78,82-83H,3-15,17,19-25,27,29-31,33-34,36-76H2,1-2H3,(H,81,84)/b18-16-,28-26-,35-32-. The SMILES string of the molecule is CCCCCCC/C=C\CCCCCCCC(=O)OCCCCCCCCCCC/C=C\C/C=C\CCCCCCCCCCCCCCCCCC(=O)NC(CO)C(O)CCCCCCCCCCCCCCCCCCCCCCCCCC. The molecule has 0 aliphatic heterocycles. The van der Waals surface area contributed by atoms with Crippen LogP contribution in [0.4, 0.5) is 0 Å². The molecule has 2 unspecified atom stereocenters. The first kappa shape index (κ1) is 84.1. The molecule has 0 rings (SSSR count). The van der Waals surface area contributed by atoms with Crippen molar-refractivity contribution < 1.29 is 24.5 Å². The maximum absolute atomic E-state index is 12.6. The summed E-state index contributed by atoms with van der Waals surface area (Å²) in [4.78, 5) is 24.6. The molecule has 0 saturated heterocycles. The van der Waals surface area contributed by atoms with E-state index in [0.29, 0.717) is 25.9 Å². The van der Waals surface area contributed by atoms with Gasteiger partial charge in [0.25, 0.3) is 0 Å². The predicted molar refractivity (Wildman–Crippen MR) is 379 cm³/mol. The van der Waals surface area contributed by atoms with Gasteiger partial charge >= 0.3 is 5.97 Å². The summed E-state index contributed by atoms with van der Waals surface area (Å²) >= 11 is 0. The van der Waals surface area contributed by atoms with Crippen molar-refractivity contribution in [3.8, 4) is 0 Å². The Bertz CT molecular complexity index is 1390. The van der Waals surface area contributed by atoms with Crippen molar-refractivity contribution in [3.05, 3.63) is 36.5 Å². The molecule has 0 fully saturated rings. The Labute approximate surface area is 538 Å². The van der Waals surface area contributed by atoms with Gasteiger partial charge in [-0.1, -0.05) is 378 Å². The second kappa shape index (κ2) is 75.5. The summed E-state index contributed by atoms with van der Waals surface area (Å²) in [5.41, 5.74) is 0. The van der Waals surface area contributed by atoms with Crippen LogP contribution in [0.5, 0.6) is 0 Å². The molecule has 0 bridgehead atoms. The minimum atomic E-state index is -0.666. The van der Waals surface area contributed by atoms with Gasteiger partial charge in [-0.3, -0.25) is 9.59 Å². The number of rotatable bonds is 74. The number of unbranched alkanes of at least 4 members (excludes halogenated alkanes) is 57. The highest BCUT2D eigenvalue weighted by molar-refractivity contribution is 5.76. The number of aliphatic hydroxyl groups excluding tert-OH is 2. The van der Waals surface area contributed by atoms with Gasteiger partial charge < -0.3 is 20.3 Å². The van der Waals surface area contributed by atoms with E-state index in [-0.39, 0.29) is 18.5 Å². The summed E-state index contributed by atoms with van der Waals surface area (Å²) < 4.78 is 5.48. The van der Waals surface area contributed by atoms with Crippen molar-refractivity contribution in [3.63, 3.8) is 0 Å². The minimum Gasteiger partial charge on any atom is -0.466 e. The first-order chi connectivity index (χ1) is 42.5. The molecule has 0 aromatic heterocycles. The molecule has 0 aromatic carbocycles. The Hall–Kier alpha value is -1.92. The van der Waals surface area contributed by atoms with Crippen LogP contribution in [0.1, 0.15) is 438 Å². The number of esters is 1. The molecule has 0 saturated carbocycles. The third kappa shape index (κ3) is 71.2. The van der Waals surface area contributed by atoms with E-state index in [2.05, 4.69) is 55.6 Å². The van der Waals surface area contributed by atoms with E-state index in [1.807, 2.05) is 0 Å². The molecule has 6 nitrogen and oxygen atoms in total. The number of aliphatic hydroxyl groups is 2. The Morgan fingerprint density at radius 2 is 0.581 bits per heavy atom. The summed E-state index contributed by atoms with van der Waals surface area (Å²) in [6.07, 6.45) is 98.0. The van der Waals surface area contributed by atoms with E-state index < -0.39 is 12.1 Å². The van der Waals surface area contributed by atoms with E-state index >= 15 is 0 Å². The molecule has 0 spiro atoms. The van der Waals surface area contributed by atoms with E-state index in [4.69, 9.17) is 4.74 Å². The fraction of sp³-hybridized carbons (Fsp3) is 0.900. The first-order valence-electron chi connectivity index (χ1n) is 39.2. The number of hydrogen-bond donors (Lipinski definition) is 3. The van der Waals surface area contributed by atoms with Gasteiger partial charge in [-0.15, -0.1) is 0 Å². The van der Waals surface area contributed by atoms with Crippen LogP contribution in [-0.2, 0) is 14.3 Å². The maximum atomic E-state index is 12.6. The van der Waals surface area contributed by atoms with E-state index in [9.17, 15) is 19.8 Å². The molecule has 6 heteroatoms. The van der Waals surface area contributed by atoms with Crippen LogP contribution in [0.15, 0.2) is 36.5 Å². The number of ether oxygens (including phenoxy) is 1. The second-order valence-corrected chi connectivity index (χ2v) is 27.0. The second-order valence-electron chi connectivity index (χ2n) is 27.0. The largest absolute Gasteiger partial charge is 0.466 e. The van der Waals surface area contributed by atoms with Crippen molar-refractivity contribution in [2.24, 2.45) is 0 Å². The van der Waals surface area contributed by atoms with Gasteiger partial charge in [0.05, 0.1) is 25.4 Å². The normalized spacial score (nSPS) is 12.7. The Morgan fingerprint density at radius 1 is 0.326 bits per heavy atom. The number of amides is 1. The van der Waals surface area contributed by atoms with E-state index in [1.54, 1.807) is 0 Å². The first-order valence-corrected chi connectivity index (χ1v) is 39.2. The summed E-state index contributed by atoms with van der Waals surface area (Å²) in [5, 5.41) is 23.5. The molecular weight excluding hydrogens is 1050 g/mol. The number of nitrogens with one attached hydrogen (secondary N) is 1. The zero-order valence-electron chi connectivity index (χ0n) is 58.3. The number of hydrogen-bond acceptors (Lipinski definition) is 5. The van der Waals surface area contributed by atoms with Crippen molar-refractivity contribution in [1.82, 2.24) is 5.32 Å². The summed E-state index contributed by atoms with van der Waals surface area (Å²) in [6.45, 7) is 4.98. The molecular formula is C80H153NO5. The van der Waals surface area contributed by atoms with Crippen molar-refractivity contribution in [2.75, 3.05) is 13.2 Å². The zero-order valence-corrected chi connectivity index (χ0v) is 58.3. The average molecular weight is 1210 g/mol. The quantitative estimate of drug-likeness (QED) is 0.0320. The molecule has 0 aliphatic rings. The summed E-state index contributed by atoms with van der Waals surface area (Å²) in [6, 6.07) is -0.543. The van der Waals surface area contributed by atoms with Crippen LogP contribution < -0.4 is 5.32 Å². The fourth-order valence-electron chi connectivity index (χ4n) is 12.4. The lowest BCUT2D eigenvalue weighted by Crippen LogP contribution is -2.45. The predicted octanol–water partition coefficient (Wildman–Crippen LogP) is 25.8. The van der Waals surface area contributed by atoms with Gasteiger partial charge in [-0.05, 0) is 83.5 Å². The zero-order chi connectivity index (χ0) is 62.0. The van der Waals surface area contributed by atoms with Gasteiger partial charge in [-0.25, -0.2) is 0 Å². The van der Waals surface area contributed by atoms with Gasteiger partial charge in [0.2, 0.25) is 5.91 Å². The average Bonchev–Trinajstić information content (AvgIpc) is 3.54. The maximum Gasteiger partial charge on any atom is 0.305 e. The summed E-state index contributed by atoms with van der Waals surface area (Å²) in [7, 11) is 0. The lowest BCUT2D eigenvalue weighted by Gasteiger charge is -2.22. The van der Waals surface area contributed by atoms with Gasteiger partial charge in [-0.2, -0.15) is 0 Å². The molecule has 0 radical (unpaired) electrons. The monoisotopic (exact) mass is 1210 g/mol. The molecule has 3 N–H and O–H groups in total. The van der Waals surface area contributed by atoms with Crippen molar-refractivity contribution in [1.29, 1.82) is 0 Å². The highest BCUT2D eigenvalue weighted by Gasteiger charge is 2.20. The lowest BCUT2D eigenvalue weighted by molar-refractivity contribution is -0.143. The lowest BCUT2D eigenvalue weighted by atomic mass is 10.0. The van der Waals surface area contributed by atoms with Crippen LogP contribution in [0.2, 0.25) is 0 Å². The molecule has 0 aromatic rings. The van der Waals surface area contributed by atoms with Gasteiger partial charge in [0, 0.05) is 12.8 Å². The fourth-order valence-corrected chi connectivity index (χ4v) is 12.4. The Morgan fingerprint density at radius 3 is 0.895 bits per heavy atom. The molecule has 86 heavy (non-hydrogen) atoms. The minimum absolute atomic E-state index is 0.00534. The Balaban J connectivity index is 3.39. The highest BCUT2D eigenvalue weighted by Crippen LogP contribution is 2.20. The third-order valence-corrected chi connectivity index (χ3v) is 18.4. The van der Waals surface area contributed by atoms with Crippen LogP contribution in [-0.4, -0.2) is 47.4 Å². The highest BCUT2D eigenvalue weighted by atomic mass is 16.5. The third-order valence-electron chi connectivity index (χ3n) is 18.4. The topological polar surface area (TPSA) is 95.9 Å². The van der Waals surface area contributed by atoms with Crippen LogP contribution in [0, 0.1) is 0 Å². The Kier molecular flexibility index (Phi) is 73.9. The van der Waals surface area contributed by atoms with Crippen LogP contribution >= 0.6 is 0 Å². The van der Waals surface area contributed by atoms with Crippen molar-refractivity contribution in [2.45, 2.75) is 450 Å². The van der Waals surface area contributed by atoms with Gasteiger partial charge in [0.1, 0.15) is 0 Å². The molecule has 0 heterocycles. The van der Waals surface area contributed by atoms with E-state index in [1.165, 1.54) is 353 Å². The molecule has 0 aliphatic carbocycles. The molecule has 508 valence electrons. The molecule has 2 atom stereocenters. The van der Waals surface area contributed by atoms with Crippen LogP contribution in [0.25, 0.3) is 0 Å². The van der Waals surface area contributed by atoms with Crippen LogP contribution in [0.3, 0.4) is 0 Å². The van der Waals surface area contributed by atoms with Crippen molar-refractivity contribution >= 4 is 11.9 Å². The smallest absolute Gasteiger partial charge is 0.305 e. The summed E-state index contributed by atoms with van der Waals surface area (Å²) in [5.74, 6) is -0.0238. The number of carbonyl (C=O) groups excluding carboxylic acids is 2. The number of carbonyl (C=O) groups is 2. The van der Waals surface area contributed by atoms with E-state index in [0.717, 1.165) is 51.4 Å². The number of allylic oxidation sites excluding steroid dienone is 6. The van der Waals surface area contributed by atoms with Gasteiger partial charge in [0.15, 0.2) is 0 Å². The molecule has 1 amide bonds.